The normalized spacial score (nSPS) is 19.0. The summed E-state index contributed by atoms with van der Waals surface area (Å²) in [6.45, 7) is -0.323. The van der Waals surface area contributed by atoms with Crippen molar-refractivity contribution in [2.45, 2.75) is 18.0 Å². The van der Waals surface area contributed by atoms with Crippen LogP contribution in [0, 0.1) is 10.1 Å². The second-order valence-electron chi connectivity index (χ2n) is 7.17. The lowest BCUT2D eigenvalue weighted by atomic mass is 10.1. The van der Waals surface area contributed by atoms with Gasteiger partial charge >= 0.3 is 5.97 Å². The standard InChI is InChI=1S/C22H19N3O7S/c26-18(13-31-16-4-2-1-3-5-16)23-19-20(27)24-17(10-11-33-21(19)24)22(28)32-12-14-6-8-15(9-7-14)25(29)30/h1-10,19,21H,11-13H2,(H,23,26)/t19-,21+/m1/s1. The van der Waals surface area contributed by atoms with Crippen molar-refractivity contribution in [3.8, 4) is 5.75 Å². The number of esters is 1. The van der Waals surface area contributed by atoms with Crippen LogP contribution in [0.5, 0.6) is 5.75 Å². The summed E-state index contributed by atoms with van der Waals surface area (Å²) in [6.07, 6.45) is 1.60. The van der Waals surface area contributed by atoms with E-state index in [4.69, 9.17) is 9.47 Å². The van der Waals surface area contributed by atoms with E-state index in [1.807, 2.05) is 6.07 Å². The Bertz CT molecular complexity index is 1100. The van der Waals surface area contributed by atoms with Gasteiger partial charge in [0.05, 0.1) is 4.92 Å². The maximum Gasteiger partial charge on any atom is 0.355 e. The molecule has 2 aromatic carbocycles. The minimum absolute atomic E-state index is 0.0617. The molecule has 2 atom stereocenters. The molecule has 1 N–H and O–H groups in total. The number of ether oxygens (including phenoxy) is 2. The number of thioether (sulfide) groups is 1. The van der Waals surface area contributed by atoms with Crippen molar-refractivity contribution in [1.82, 2.24) is 10.2 Å². The van der Waals surface area contributed by atoms with Crippen molar-refractivity contribution in [2.75, 3.05) is 12.4 Å². The van der Waals surface area contributed by atoms with Crippen LogP contribution in [0.4, 0.5) is 5.69 Å². The number of hydrogen-bond acceptors (Lipinski definition) is 8. The van der Waals surface area contributed by atoms with Crippen LogP contribution >= 0.6 is 11.8 Å². The number of nitro groups is 1. The van der Waals surface area contributed by atoms with Gasteiger partial charge in [0.1, 0.15) is 29.5 Å². The topological polar surface area (TPSA) is 128 Å². The molecule has 0 spiro atoms. The van der Waals surface area contributed by atoms with Gasteiger partial charge in [0.25, 0.3) is 17.5 Å². The van der Waals surface area contributed by atoms with E-state index in [0.717, 1.165) is 0 Å². The summed E-state index contributed by atoms with van der Waals surface area (Å²) in [4.78, 5) is 48.9. The number of non-ortho nitro benzene ring substituents is 1. The summed E-state index contributed by atoms with van der Waals surface area (Å²) in [6, 6.07) is 13.7. The van der Waals surface area contributed by atoms with Gasteiger partial charge in [-0.25, -0.2) is 4.79 Å². The Morgan fingerprint density at radius 3 is 2.58 bits per heavy atom. The summed E-state index contributed by atoms with van der Waals surface area (Å²) in [5.41, 5.74) is 0.639. The average molecular weight is 469 g/mol. The van der Waals surface area contributed by atoms with Gasteiger partial charge in [-0.15, -0.1) is 11.8 Å². The fourth-order valence-electron chi connectivity index (χ4n) is 3.35. The van der Waals surface area contributed by atoms with Crippen molar-refractivity contribution >= 4 is 35.2 Å². The molecule has 10 nitrogen and oxygen atoms in total. The lowest BCUT2D eigenvalue weighted by Crippen LogP contribution is -2.70. The molecule has 2 amide bonds. The third kappa shape index (κ3) is 4.98. The third-order valence-corrected chi connectivity index (χ3v) is 6.19. The van der Waals surface area contributed by atoms with Crippen molar-refractivity contribution in [3.05, 3.63) is 82.0 Å². The van der Waals surface area contributed by atoms with Gasteiger partial charge in [-0.2, -0.15) is 0 Å². The number of β-lactam (4-membered cyclic amide) rings is 1. The van der Waals surface area contributed by atoms with Crippen LogP contribution in [0.3, 0.4) is 0 Å². The van der Waals surface area contributed by atoms with Crippen LogP contribution in [-0.4, -0.2) is 51.4 Å². The predicted octanol–water partition coefficient (Wildman–Crippen LogP) is 2.00. The number of carbonyl (C=O) groups excluding carboxylic acids is 3. The van der Waals surface area contributed by atoms with E-state index in [9.17, 15) is 24.5 Å². The molecule has 4 rings (SSSR count). The van der Waals surface area contributed by atoms with Crippen LogP contribution in [0.2, 0.25) is 0 Å². The second-order valence-corrected chi connectivity index (χ2v) is 8.32. The molecular formula is C22H19N3O7S. The van der Waals surface area contributed by atoms with Crippen LogP contribution in [0.1, 0.15) is 5.56 Å². The number of nitrogens with one attached hydrogen (secondary N) is 1. The maximum absolute atomic E-state index is 12.6. The molecule has 1 saturated heterocycles. The first-order valence-electron chi connectivity index (χ1n) is 9.96. The van der Waals surface area contributed by atoms with Crippen molar-refractivity contribution in [1.29, 1.82) is 0 Å². The number of amides is 2. The van der Waals surface area contributed by atoms with Gasteiger partial charge < -0.3 is 14.8 Å². The molecule has 33 heavy (non-hydrogen) atoms. The zero-order valence-electron chi connectivity index (χ0n) is 17.2. The largest absolute Gasteiger partial charge is 0.484 e. The Morgan fingerprint density at radius 1 is 1.15 bits per heavy atom. The average Bonchev–Trinajstić information content (AvgIpc) is 2.84. The highest BCUT2D eigenvalue weighted by atomic mass is 32.2. The van der Waals surface area contributed by atoms with E-state index in [0.29, 0.717) is 17.1 Å². The zero-order chi connectivity index (χ0) is 23.4. The third-order valence-electron chi connectivity index (χ3n) is 5.00. The van der Waals surface area contributed by atoms with Crippen molar-refractivity contribution < 1.29 is 28.8 Å². The number of para-hydroxylation sites is 1. The van der Waals surface area contributed by atoms with E-state index < -0.39 is 34.1 Å². The number of nitrogens with zero attached hydrogens (tertiary/aromatic N) is 2. The van der Waals surface area contributed by atoms with E-state index in [1.54, 1.807) is 30.3 Å². The lowest BCUT2D eigenvalue weighted by molar-refractivity contribution is -0.384. The van der Waals surface area contributed by atoms with Crippen LogP contribution in [0.25, 0.3) is 0 Å². The maximum atomic E-state index is 12.6. The summed E-state index contributed by atoms with van der Waals surface area (Å²) in [5.74, 6) is -0.497. The van der Waals surface area contributed by atoms with E-state index in [2.05, 4.69) is 5.32 Å². The Labute approximate surface area is 192 Å². The molecular weight excluding hydrogens is 450 g/mol. The quantitative estimate of drug-likeness (QED) is 0.269. The summed E-state index contributed by atoms with van der Waals surface area (Å²) >= 11 is 1.42. The number of fused-ring (bicyclic) bond motifs is 1. The molecule has 0 aromatic heterocycles. The monoisotopic (exact) mass is 469 g/mol. The fourth-order valence-corrected chi connectivity index (χ4v) is 4.54. The molecule has 0 unspecified atom stereocenters. The smallest absolute Gasteiger partial charge is 0.355 e. The van der Waals surface area contributed by atoms with Gasteiger partial charge in [0.15, 0.2) is 6.61 Å². The SMILES string of the molecule is O=C(COc1ccccc1)N[C@@H]1C(=O)N2C(C(=O)OCc3ccc([N+](=O)[O-])cc3)=CCS[C@@H]12. The minimum atomic E-state index is -0.756. The molecule has 2 aromatic rings. The van der Waals surface area contributed by atoms with E-state index in [-0.39, 0.29) is 24.6 Å². The number of carbonyl (C=O) groups is 3. The van der Waals surface area contributed by atoms with Gasteiger partial charge in [-0.1, -0.05) is 18.2 Å². The van der Waals surface area contributed by atoms with Crippen molar-refractivity contribution in [3.63, 3.8) is 0 Å². The van der Waals surface area contributed by atoms with Crippen molar-refractivity contribution in [2.24, 2.45) is 0 Å². The molecule has 0 saturated carbocycles. The highest BCUT2D eigenvalue weighted by Crippen LogP contribution is 2.37. The molecule has 2 aliphatic heterocycles. The number of rotatable bonds is 8. The first kappa shape index (κ1) is 22.3. The summed E-state index contributed by atoms with van der Waals surface area (Å²) < 4.78 is 10.7. The second kappa shape index (κ2) is 9.74. The summed E-state index contributed by atoms with van der Waals surface area (Å²) in [5, 5.41) is 13.0. The van der Waals surface area contributed by atoms with Crippen LogP contribution in [0.15, 0.2) is 66.4 Å². The van der Waals surface area contributed by atoms with Gasteiger partial charge in [0.2, 0.25) is 0 Å². The van der Waals surface area contributed by atoms with Gasteiger partial charge in [-0.05, 0) is 35.9 Å². The van der Waals surface area contributed by atoms with Gasteiger partial charge in [0, 0.05) is 17.9 Å². The highest BCUT2D eigenvalue weighted by molar-refractivity contribution is 8.00. The summed E-state index contributed by atoms with van der Waals surface area (Å²) in [7, 11) is 0. The molecule has 2 aliphatic rings. The first-order chi connectivity index (χ1) is 15.9. The molecule has 2 heterocycles. The Hall–Kier alpha value is -3.86. The Kier molecular flexibility index (Phi) is 6.59. The molecule has 0 aliphatic carbocycles. The fraction of sp³-hybridized carbons (Fsp3) is 0.227. The zero-order valence-corrected chi connectivity index (χ0v) is 18.0. The Balaban J connectivity index is 1.29. The number of nitro benzene ring substituents is 1. The molecule has 0 bridgehead atoms. The minimum Gasteiger partial charge on any atom is -0.484 e. The lowest BCUT2D eigenvalue weighted by Gasteiger charge is -2.48. The van der Waals surface area contributed by atoms with Crippen LogP contribution < -0.4 is 10.1 Å². The highest BCUT2D eigenvalue weighted by Gasteiger charge is 2.53. The molecule has 1 fully saturated rings. The predicted molar refractivity (Wildman–Crippen MR) is 118 cm³/mol. The van der Waals surface area contributed by atoms with Crippen LogP contribution in [-0.2, 0) is 25.7 Å². The number of benzene rings is 2. The van der Waals surface area contributed by atoms with E-state index in [1.165, 1.54) is 40.9 Å². The molecule has 170 valence electrons. The van der Waals surface area contributed by atoms with Gasteiger partial charge in [-0.3, -0.25) is 24.6 Å². The number of hydrogen-bond donors (Lipinski definition) is 1. The Morgan fingerprint density at radius 2 is 1.88 bits per heavy atom. The molecule has 11 heteroatoms. The molecule has 0 radical (unpaired) electrons. The first-order valence-corrected chi connectivity index (χ1v) is 11.0. The van der Waals surface area contributed by atoms with E-state index >= 15 is 0 Å².